The largest absolute Gasteiger partial charge is 0.455 e. The second kappa shape index (κ2) is 10.8. The van der Waals surface area contributed by atoms with E-state index in [4.69, 9.17) is 8.83 Å². The molecule has 0 saturated heterocycles. The zero-order valence-electron chi connectivity index (χ0n) is 27.5. The second-order valence-electron chi connectivity index (χ2n) is 13.3. The average molecular weight is 652 g/mol. The summed E-state index contributed by atoms with van der Waals surface area (Å²) in [5, 5.41) is 6.97. The van der Waals surface area contributed by atoms with Gasteiger partial charge >= 0.3 is 0 Å². The molecule has 0 radical (unpaired) electrons. The highest BCUT2D eigenvalue weighted by Crippen LogP contribution is 2.42. The quantitative estimate of drug-likeness (QED) is 0.190. The van der Waals surface area contributed by atoms with E-state index in [0.29, 0.717) is 0 Å². The van der Waals surface area contributed by atoms with Crippen LogP contribution in [-0.4, -0.2) is 4.57 Å². The SMILES string of the molecule is c1cc(-c2cc(-c3cccc4c3oc3ccccc34)cc(-c3cccc4c3oc3ccccc34)c2)cc(-n2c3ccccc3c3ccccc32)c1. The van der Waals surface area contributed by atoms with Crippen molar-refractivity contribution in [2.24, 2.45) is 0 Å². The molecule has 11 rings (SSSR count). The van der Waals surface area contributed by atoms with Crippen LogP contribution in [0.25, 0.3) is 105 Å². The second-order valence-corrected chi connectivity index (χ2v) is 13.3. The van der Waals surface area contributed by atoms with E-state index in [1.165, 1.54) is 21.8 Å². The van der Waals surface area contributed by atoms with Gasteiger partial charge in [-0.25, -0.2) is 0 Å². The maximum absolute atomic E-state index is 6.57. The van der Waals surface area contributed by atoms with Gasteiger partial charge in [0.25, 0.3) is 0 Å². The first-order valence-electron chi connectivity index (χ1n) is 17.3. The van der Waals surface area contributed by atoms with E-state index in [2.05, 4.69) is 156 Å². The van der Waals surface area contributed by atoms with Gasteiger partial charge in [-0.05, 0) is 76.9 Å². The van der Waals surface area contributed by atoms with Gasteiger partial charge in [0.15, 0.2) is 0 Å². The van der Waals surface area contributed by atoms with Crippen molar-refractivity contribution in [2.75, 3.05) is 0 Å². The molecule has 3 heterocycles. The fraction of sp³-hybridized carbons (Fsp3) is 0. The van der Waals surface area contributed by atoms with Crippen molar-refractivity contribution in [1.82, 2.24) is 4.57 Å². The summed E-state index contributed by atoms with van der Waals surface area (Å²) in [6.45, 7) is 0. The number of furan rings is 2. The maximum atomic E-state index is 6.57. The number of nitrogens with zero attached hydrogens (tertiary/aromatic N) is 1. The highest BCUT2D eigenvalue weighted by Gasteiger charge is 2.18. The van der Waals surface area contributed by atoms with E-state index in [1.807, 2.05) is 24.3 Å². The van der Waals surface area contributed by atoms with E-state index in [0.717, 1.165) is 82.9 Å². The third-order valence-electron chi connectivity index (χ3n) is 10.4. The fourth-order valence-electron chi connectivity index (χ4n) is 8.08. The van der Waals surface area contributed by atoms with Crippen molar-refractivity contribution >= 4 is 65.7 Å². The van der Waals surface area contributed by atoms with Crippen molar-refractivity contribution in [3.05, 3.63) is 176 Å². The van der Waals surface area contributed by atoms with Gasteiger partial charge in [-0.2, -0.15) is 0 Å². The standard InChI is InChI=1S/C48H29NO2/c1-5-22-43-37(14-1)38-15-2-6-23-44(38)49(43)34-13-9-12-30(29-34)31-26-32(35-18-10-20-41-39-16-3-7-24-45(39)50-47(35)41)28-33(27-31)36-19-11-21-42-40-17-4-8-25-46(40)51-48(36)42/h1-29H. The minimum Gasteiger partial charge on any atom is -0.455 e. The number of benzene rings is 8. The molecule has 0 spiro atoms. The zero-order valence-corrected chi connectivity index (χ0v) is 27.5. The lowest BCUT2D eigenvalue weighted by Gasteiger charge is -2.14. The summed E-state index contributed by atoms with van der Waals surface area (Å²) >= 11 is 0. The molecule has 0 amide bonds. The summed E-state index contributed by atoms with van der Waals surface area (Å²) in [4.78, 5) is 0. The predicted octanol–water partition coefficient (Wildman–Crippen LogP) is 13.6. The number of aromatic nitrogens is 1. The van der Waals surface area contributed by atoms with Gasteiger partial charge in [-0.1, -0.05) is 121 Å². The monoisotopic (exact) mass is 651 g/mol. The molecule has 238 valence electrons. The molecule has 0 aliphatic heterocycles. The Kier molecular flexibility index (Phi) is 5.96. The van der Waals surface area contributed by atoms with Crippen LogP contribution in [0.5, 0.6) is 0 Å². The van der Waals surface area contributed by atoms with Crippen LogP contribution in [0.3, 0.4) is 0 Å². The third kappa shape index (κ3) is 4.25. The summed E-state index contributed by atoms with van der Waals surface area (Å²) in [5.74, 6) is 0. The highest BCUT2D eigenvalue weighted by molar-refractivity contribution is 6.12. The van der Waals surface area contributed by atoms with E-state index in [-0.39, 0.29) is 0 Å². The van der Waals surface area contributed by atoms with Gasteiger partial charge in [0, 0.05) is 49.1 Å². The number of rotatable bonds is 4. The lowest BCUT2D eigenvalue weighted by atomic mass is 9.92. The first-order chi connectivity index (χ1) is 25.3. The molecule has 0 unspecified atom stereocenters. The van der Waals surface area contributed by atoms with Gasteiger partial charge in [0.1, 0.15) is 22.3 Å². The predicted molar refractivity (Wildman–Crippen MR) is 212 cm³/mol. The van der Waals surface area contributed by atoms with Gasteiger partial charge < -0.3 is 13.4 Å². The van der Waals surface area contributed by atoms with Crippen LogP contribution in [0.15, 0.2) is 185 Å². The molecule has 0 fully saturated rings. The van der Waals surface area contributed by atoms with Crippen molar-refractivity contribution in [3.8, 4) is 39.1 Å². The summed E-state index contributed by atoms with van der Waals surface area (Å²) in [5.41, 5.74) is 13.6. The lowest BCUT2D eigenvalue weighted by Crippen LogP contribution is -1.94. The Balaban J connectivity index is 1.17. The van der Waals surface area contributed by atoms with Crippen molar-refractivity contribution in [2.45, 2.75) is 0 Å². The minimum absolute atomic E-state index is 0.891. The van der Waals surface area contributed by atoms with E-state index >= 15 is 0 Å². The molecule has 8 aromatic carbocycles. The van der Waals surface area contributed by atoms with Crippen LogP contribution in [0, 0.1) is 0 Å². The van der Waals surface area contributed by atoms with Crippen LogP contribution in [0.4, 0.5) is 0 Å². The van der Waals surface area contributed by atoms with Crippen molar-refractivity contribution in [3.63, 3.8) is 0 Å². The van der Waals surface area contributed by atoms with Gasteiger partial charge in [0.2, 0.25) is 0 Å². The molecule has 0 aliphatic rings. The zero-order chi connectivity index (χ0) is 33.5. The Morgan fingerprint density at radius 1 is 0.314 bits per heavy atom. The van der Waals surface area contributed by atoms with Gasteiger partial charge in [0.05, 0.1) is 11.0 Å². The van der Waals surface area contributed by atoms with E-state index in [1.54, 1.807) is 0 Å². The Labute approximate surface area is 293 Å². The highest BCUT2D eigenvalue weighted by atomic mass is 16.3. The Hall–Kier alpha value is -6.84. The molecule has 0 atom stereocenters. The molecule has 51 heavy (non-hydrogen) atoms. The maximum Gasteiger partial charge on any atom is 0.143 e. The Morgan fingerprint density at radius 2 is 0.765 bits per heavy atom. The smallest absolute Gasteiger partial charge is 0.143 e. The first kappa shape index (κ1) is 28.0. The Morgan fingerprint density at radius 3 is 1.33 bits per heavy atom. The fourth-order valence-corrected chi connectivity index (χ4v) is 8.08. The summed E-state index contributed by atoms with van der Waals surface area (Å²) in [6, 6.07) is 62.6. The van der Waals surface area contributed by atoms with Crippen molar-refractivity contribution < 1.29 is 8.83 Å². The topological polar surface area (TPSA) is 31.2 Å². The molecule has 0 bridgehead atoms. The number of fused-ring (bicyclic) bond motifs is 9. The third-order valence-corrected chi connectivity index (χ3v) is 10.4. The Bertz CT molecular complexity index is 2970. The minimum atomic E-state index is 0.891. The van der Waals surface area contributed by atoms with E-state index in [9.17, 15) is 0 Å². The molecule has 3 nitrogen and oxygen atoms in total. The first-order valence-corrected chi connectivity index (χ1v) is 17.3. The summed E-state index contributed by atoms with van der Waals surface area (Å²) in [7, 11) is 0. The number of hydrogen-bond donors (Lipinski definition) is 0. The molecular formula is C48H29NO2. The van der Waals surface area contributed by atoms with E-state index < -0.39 is 0 Å². The van der Waals surface area contributed by atoms with Crippen LogP contribution in [0.2, 0.25) is 0 Å². The summed E-state index contributed by atoms with van der Waals surface area (Å²) < 4.78 is 15.5. The molecule has 0 saturated carbocycles. The van der Waals surface area contributed by atoms with Crippen LogP contribution >= 0.6 is 0 Å². The average Bonchev–Trinajstić information content (AvgIpc) is 3.87. The molecule has 3 aromatic heterocycles. The molecule has 11 aromatic rings. The van der Waals surface area contributed by atoms with Gasteiger partial charge in [-0.3, -0.25) is 0 Å². The normalized spacial score (nSPS) is 11.9. The van der Waals surface area contributed by atoms with Crippen LogP contribution in [0.1, 0.15) is 0 Å². The number of para-hydroxylation sites is 6. The molecule has 0 N–H and O–H groups in total. The van der Waals surface area contributed by atoms with Crippen molar-refractivity contribution in [1.29, 1.82) is 0 Å². The van der Waals surface area contributed by atoms with Crippen LogP contribution in [-0.2, 0) is 0 Å². The molecular weight excluding hydrogens is 623 g/mol. The lowest BCUT2D eigenvalue weighted by molar-refractivity contribution is 0.670. The summed E-state index contributed by atoms with van der Waals surface area (Å²) in [6.07, 6.45) is 0. The van der Waals surface area contributed by atoms with Gasteiger partial charge in [-0.15, -0.1) is 0 Å². The van der Waals surface area contributed by atoms with Crippen LogP contribution < -0.4 is 0 Å². The number of hydrogen-bond acceptors (Lipinski definition) is 2. The molecule has 0 aliphatic carbocycles. The molecule has 3 heteroatoms.